The van der Waals surface area contributed by atoms with Crippen molar-refractivity contribution in [3.63, 3.8) is 0 Å². The van der Waals surface area contributed by atoms with Gasteiger partial charge in [0.05, 0.1) is 17.8 Å². The fraction of sp³-hybridized carbons (Fsp3) is 0.375. The molecule has 170 valence electrons. The van der Waals surface area contributed by atoms with Crippen LogP contribution < -0.4 is 10.1 Å². The van der Waals surface area contributed by atoms with Gasteiger partial charge in [0.2, 0.25) is 0 Å². The third-order valence-electron chi connectivity index (χ3n) is 5.55. The number of urea groups is 1. The number of amides is 2. The predicted molar refractivity (Wildman–Crippen MR) is 121 cm³/mol. The zero-order valence-corrected chi connectivity index (χ0v) is 19.1. The van der Waals surface area contributed by atoms with Crippen molar-refractivity contribution < 1.29 is 13.9 Å². The van der Waals surface area contributed by atoms with Crippen LogP contribution in [0.2, 0.25) is 0 Å². The highest BCUT2D eigenvalue weighted by molar-refractivity contribution is 5.75. The molecule has 0 aliphatic rings. The molecule has 2 unspecified atom stereocenters. The maximum atomic E-state index is 13.9. The summed E-state index contributed by atoms with van der Waals surface area (Å²) in [4.78, 5) is 18.6. The standard InChI is InChI=1S/C24H30FN5O2/c1-17(18-10-12-19(13-11-18)30-16-26-15-27-30)29(5)23(31)28-22(24(2,3)4)14-32-21-9-7-6-8-20(21)25/h6-13,15-17,22H,14H2,1-5H3,(H,28,31). The average molecular weight is 440 g/mol. The van der Waals surface area contributed by atoms with Gasteiger partial charge in [0, 0.05) is 7.05 Å². The van der Waals surface area contributed by atoms with Crippen LogP contribution in [0.1, 0.15) is 39.3 Å². The number of nitrogens with one attached hydrogen (secondary N) is 1. The van der Waals surface area contributed by atoms with Crippen LogP contribution in [-0.2, 0) is 0 Å². The van der Waals surface area contributed by atoms with Crippen molar-refractivity contribution in [2.24, 2.45) is 5.41 Å². The molecule has 2 amide bonds. The number of nitrogens with zero attached hydrogens (tertiary/aromatic N) is 4. The van der Waals surface area contributed by atoms with Crippen LogP contribution >= 0.6 is 0 Å². The quantitative estimate of drug-likeness (QED) is 0.584. The number of halogens is 1. The second kappa shape index (κ2) is 9.80. The second-order valence-electron chi connectivity index (χ2n) is 8.83. The molecule has 7 nitrogen and oxygen atoms in total. The fourth-order valence-electron chi connectivity index (χ4n) is 3.14. The highest BCUT2D eigenvalue weighted by Crippen LogP contribution is 2.24. The highest BCUT2D eigenvalue weighted by Gasteiger charge is 2.29. The number of benzene rings is 2. The van der Waals surface area contributed by atoms with Crippen molar-refractivity contribution in [3.8, 4) is 11.4 Å². The van der Waals surface area contributed by atoms with Gasteiger partial charge in [-0.3, -0.25) is 0 Å². The summed E-state index contributed by atoms with van der Waals surface area (Å²) in [6, 6.07) is 13.4. The predicted octanol–water partition coefficient (Wildman–Crippen LogP) is 4.60. The average Bonchev–Trinajstić information content (AvgIpc) is 3.30. The first-order valence-electron chi connectivity index (χ1n) is 10.5. The van der Waals surface area contributed by atoms with E-state index in [1.165, 1.54) is 12.4 Å². The SMILES string of the molecule is CC(c1ccc(-n2cncn2)cc1)N(C)C(=O)NC(COc1ccccc1F)C(C)(C)C. The number of rotatable bonds is 7. The monoisotopic (exact) mass is 439 g/mol. The van der Waals surface area contributed by atoms with Crippen LogP contribution in [0.15, 0.2) is 61.2 Å². The topological polar surface area (TPSA) is 72.3 Å². The molecule has 1 heterocycles. The van der Waals surface area contributed by atoms with Gasteiger partial charge in [-0.25, -0.2) is 18.9 Å². The molecule has 0 saturated heterocycles. The Morgan fingerprint density at radius 1 is 1.19 bits per heavy atom. The van der Waals surface area contributed by atoms with E-state index in [4.69, 9.17) is 4.74 Å². The normalized spacial score (nSPS) is 13.3. The van der Waals surface area contributed by atoms with Gasteiger partial charge in [0.15, 0.2) is 11.6 Å². The van der Waals surface area contributed by atoms with Gasteiger partial charge in [-0.2, -0.15) is 5.10 Å². The fourth-order valence-corrected chi connectivity index (χ4v) is 3.14. The Bertz CT molecular complexity index is 1020. The van der Waals surface area contributed by atoms with Crippen LogP contribution in [-0.4, -0.2) is 45.4 Å². The van der Waals surface area contributed by atoms with Crippen molar-refractivity contribution in [2.75, 3.05) is 13.7 Å². The summed E-state index contributed by atoms with van der Waals surface area (Å²) in [6.07, 6.45) is 3.12. The number of aromatic nitrogens is 3. The zero-order valence-electron chi connectivity index (χ0n) is 19.1. The van der Waals surface area contributed by atoms with Crippen LogP contribution in [0.25, 0.3) is 5.69 Å². The van der Waals surface area contributed by atoms with E-state index in [0.717, 1.165) is 11.3 Å². The molecule has 0 aliphatic carbocycles. The zero-order chi connectivity index (χ0) is 23.3. The van der Waals surface area contributed by atoms with Crippen LogP contribution in [0, 0.1) is 11.2 Å². The molecular formula is C24H30FN5O2. The molecule has 32 heavy (non-hydrogen) atoms. The lowest BCUT2D eigenvalue weighted by molar-refractivity contribution is 0.148. The number of carbonyl (C=O) groups excluding carboxylic acids is 1. The number of hydrogen-bond acceptors (Lipinski definition) is 4. The Morgan fingerprint density at radius 2 is 1.88 bits per heavy atom. The van der Waals surface area contributed by atoms with Gasteiger partial charge in [-0.05, 0) is 42.2 Å². The summed E-state index contributed by atoms with van der Waals surface area (Å²) < 4.78 is 21.3. The van der Waals surface area contributed by atoms with Crippen LogP contribution in [0.3, 0.4) is 0 Å². The van der Waals surface area contributed by atoms with E-state index in [-0.39, 0.29) is 35.9 Å². The summed E-state index contributed by atoms with van der Waals surface area (Å²) in [7, 11) is 1.75. The molecule has 0 fully saturated rings. The van der Waals surface area contributed by atoms with Gasteiger partial charge in [-0.1, -0.05) is 45.0 Å². The summed E-state index contributed by atoms with van der Waals surface area (Å²) in [5.41, 5.74) is 1.59. The van der Waals surface area contributed by atoms with Gasteiger partial charge in [0.25, 0.3) is 0 Å². The molecule has 1 N–H and O–H groups in total. The number of hydrogen-bond donors (Lipinski definition) is 1. The second-order valence-corrected chi connectivity index (χ2v) is 8.83. The first-order chi connectivity index (χ1) is 15.2. The van der Waals surface area contributed by atoms with E-state index >= 15 is 0 Å². The molecule has 0 bridgehead atoms. The van der Waals surface area contributed by atoms with Crippen LogP contribution in [0.4, 0.5) is 9.18 Å². The van der Waals surface area contributed by atoms with E-state index in [9.17, 15) is 9.18 Å². The van der Waals surface area contributed by atoms with Gasteiger partial charge in [-0.15, -0.1) is 0 Å². The Labute approximate surface area is 188 Å². The van der Waals surface area contributed by atoms with Crippen LogP contribution in [0.5, 0.6) is 5.75 Å². The Balaban J connectivity index is 1.65. The molecule has 2 aromatic carbocycles. The molecule has 1 aromatic heterocycles. The summed E-state index contributed by atoms with van der Waals surface area (Å²) in [5, 5.41) is 7.17. The maximum Gasteiger partial charge on any atom is 0.317 e. The number of para-hydroxylation sites is 1. The van der Waals surface area contributed by atoms with Crippen molar-refractivity contribution in [2.45, 2.75) is 39.8 Å². The smallest absolute Gasteiger partial charge is 0.317 e. The number of carbonyl (C=O) groups is 1. The molecule has 0 spiro atoms. The largest absolute Gasteiger partial charge is 0.488 e. The summed E-state index contributed by atoms with van der Waals surface area (Å²) in [6.45, 7) is 8.15. The van der Waals surface area contributed by atoms with Gasteiger partial charge >= 0.3 is 6.03 Å². The minimum absolute atomic E-state index is 0.158. The molecule has 8 heteroatoms. The van der Waals surface area contributed by atoms with E-state index < -0.39 is 5.82 Å². The van der Waals surface area contributed by atoms with Crippen molar-refractivity contribution >= 4 is 6.03 Å². The molecular weight excluding hydrogens is 409 g/mol. The highest BCUT2D eigenvalue weighted by atomic mass is 19.1. The summed E-state index contributed by atoms with van der Waals surface area (Å²) in [5.74, 6) is -0.253. The third kappa shape index (κ3) is 5.63. The van der Waals surface area contributed by atoms with Crippen molar-refractivity contribution in [1.82, 2.24) is 25.0 Å². The minimum atomic E-state index is -0.424. The van der Waals surface area contributed by atoms with E-state index in [1.54, 1.807) is 41.2 Å². The van der Waals surface area contributed by atoms with E-state index in [1.807, 2.05) is 52.0 Å². The third-order valence-corrected chi connectivity index (χ3v) is 5.55. The Morgan fingerprint density at radius 3 is 2.47 bits per heavy atom. The molecule has 0 radical (unpaired) electrons. The molecule has 0 aliphatic heterocycles. The number of ether oxygens (including phenoxy) is 1. The molecule has 2 atom stereocenters. The van der Waals surface area contributed by atoms with Crippen molar-refractivity contribution in [3.05, 3.63) is 72.6 Å². The molecule has 0 saturated carbocycles. The minimum Gasteiger partial charge on any atom is -0.488 e. The van der Waals surface area contributed by atoms with Gasteiger partial charge < -0.3 is 15.0 Å². The lowest BCUT2D eigenvalue weighted by atomic mass is 9.87. The lowest BCUT2D eigenvalue weighted by Crippen LogP contribution is -2.51. The summed E-state index contributed by atoms with van der Waals surface area (Å²) >= 11 is 0. The molecule has 3 aromatic rings. The van der Waals surface area contributed by atoms with Crippen molar-refractivity contribution in [1.29, 1.82) is 0 Å². The first kappa shape index (κ1) is 23.2. The van der Waals surface area contributed by atoms with Gasteiger partial charge in [0.1, 0.15) is 19.3 Å². The maximum absolute atomic E-state index is 13.9. The first-order valence-corrected chi connectivity index (χ1v) is 10.5. The molecule has 3 rings (SSSR count). The Kier molecular flexibility index (Phi) is 7.12. The lowest BCUT2D eigenvalue weighted by Gasteiger charge is -2.34. The van der Waals surface area contributed by atoms with E-state index in [2.05, 4.69) is 15.4 Å². The van der Waals surface area contributed by atoms with E-state index in [0.29, 0.717) is 0 Å². The Hall–Kier alpha value is -3.42.